The first-order chi connectivity index (χ1) is 7.11. The third-order valence-electron chi connectivity index (χ3n) is 2.38. The Morgan fingerprint density at radius 2 is 1.93 bits per heavy atom. The van der Waals surface area contributed by atoms with Crippen molar-refractivity contribution in [3.63, 3.8) is 0 Å². The van der Waals surface area contributed by atoms with Gasteiger partial charge in [-0.3, -0.25) is 4.79 Å². The number of ether oxygens (including phenoxy) is 1. The predicted octanol–water partition coefficient (Wildman–Crippen LogP) is 2.88. The highest BCUT2D eigenvalue weighted by Crippen LogP contribution is 2.06. The molecule has 0 aliphatic rings. The van der Waals surface area contributed by atoms with Crippen LogP contribution in [0, 0.1) is 6.92 Å². The Hall–Kier alpha value is -1.31. The lowest BCUT2D eigenvalue weighted by atomic mass is 10.1. The first-order valence-electron chi connectivity index (χ1n) is 5.37. The second-order valence-corrected chi connectivity index (χ2v) is 3.87. The third-order valence-corrected chi connectivity index (χ3v) is 2.38. The molecule has 1 aromatic rings. The number of hydrogen-bond donors (Lipinski definition) is 0. The Balaban J connectivity index is 2.48. The maximum atomic E-state index is 11.4. The summed E-state index contributed by atoms with van der Waals surface area (Å²) >= 11 is 0. The molecule has 82 valence electrons. The van der Waals surface area contributed by atoms with Crippen LogP contribution in [0.1, 0.15) is 31.4 Å². The molecule has 0 aromatic heterocycles. The van der Waals surface area contributed by atoms with E-state index in [9.17, 15) is 4.79 Å². The van der Waals surface area contributed by atoms with E-state index in [0.717, 1.165) is 12.0 Å². The largest absolute Gasteiger partial charge is 0.462 e. The molecule has 0 fully saturated rings. The second-order valence-electron chi connectivity index (χ2n) is 3.87. The third kappa shape index (κ3) is 4.15. The van der Waals surface area contributed by atoms with Gasteiger partial charge < -0.3 is 4.74 Å². The summed E-state index contributed by atoms with van der Waals surface area (Å²) in [4.78, 5) is 11.4. The van der Waals surface area contributed by atoms with Crippen LogP contribution in [-0.4, -0.2) is 12.1 Å². The van der Waals surface area contributed by atoms with Crippen LogP contribution in [0.15, 0.2) is 24.3 Å². The van der Waals surface area contributed by atoms with Crippen molar-refractivity contribution in [3.05, 3.63) is 35.4 Å². The summed E-state index contributed by atoms with van der Waals surface area (Å²) in [6, 6.07) is 7.94. The van der Waals surface area contributed by atoms with Gasteiger partial charge in [-0.15, -0.1) is 0 Å². The summed E-state index contributed by atoms with van der Waals surface area (Å²) in [6.45, 7) is 5.94. The fraction of sp³-hybridized carbons (Fsp3) is 0.462. The molecule has 0 N–H and O–H groups in total. The van der Waals surface area contributed by atoms with Crippen molar-refractivity contribution in [2.24, 2.45) is 0 Å². The lowest BCUT2D eigenvalue weighted by molar-refractivity contribution is -0.147. The highest BCUT2D eigenvalue weighted by molar-refractivity contribution is 5.72. The number of hydrogen-bond acceptors (Lipinski definition) is 2. The predicted molar refractivity (Wildman–Crippen MR) is 60.7 cm³/mol. The molecule has 1 aromatic carbocycles. The molecular weight excluding hydrogens is 188 g/mol. The number of esters is 1. The van der Waals surface area contributed by atoms with Crippen molar-refractivity contribution < 1.29 is 9.53 Å². The van der Waals surface area contributed by atoms with Crippen LogP contribution in [0.3, 0.4) is 0 Å². The molecule has 1 unspecified atom stereocenters. The van der Waals surface area contributed by atoms with Crippen LogP contribution in [0.4, 0.5) is 0 Å². The second kappa shape index (κ2) is 5.54. The van der Waals surface area contributed by atoms with Gasteiger partial charge in [-0.05, 0) is 25.8 Å². The molecular formula is C13H18O2. The maximum Gasteiger partial charge on any atom is 0.310 e. The van der Waals surface area contributed by atoms with Crippen LogP contribution >= 0.6 is 0 Å². The van der Waals surface area contributed by atoms with Crippen molar-refractivity contribution in [2.75, 3.05) is 0 Å². The van der Waals surface area contributed by atoms with Gasteiger partial charge in [-0.1, -0.05) is 36.8 Å². The van der Waals surface area contributed by atoms with E-state index in [-0.39, 0.29) is 12.1 Å². The summed E-state index contributed by atoms with van der Waals surface area (Å²) in [6.07, 6.45) is 1.24. The molecule has 0 saturated carbocycles. The molecule has 0 heterocycles. The monoisotopic (exact) mass is 206 g/mol. The van der Waals surface area contributed by atoms with Crippen LogP contribution < -0.4 is 0 Å². The zero-order valence-corrected chi connectivity index (χ0v) is 9.62. The Labute approximate surface area is 91.3 Å². The summed E-state index contributed by atoms with van der Waals surface area (Å²) in [7, 11) is 0. The minimum absolute atomic E-state index is 0.0166. The van der Waals surface area contributed by atoms with E-state index in [2.05, 4.69) is 0 Å². The van der Waals surface area contributed by atoms with Crippen molar-refractivity contribution in [3.8, 4) is 0 Å². The molecule has 1 atom stereocenters. The Morgan fingerprint density at radius 3 is 2.47 bits per heavy atom. The van der Waals surface area contributed by atoms with Crippen molar-refractivity contribution >= 4 is 5.97 Å². The Kier molecular flexibility index (Phi) is 4.35. The van der Waals surface area contributed by atoms with E-state index in [0.29, 0.717) is 6.42 Å². The molecule has 0 aliphatic carbocycles. The van der Waals surface area contributed by atoms with Gasteiger partial charge in [-0.2, -0.15) is 0 Å². The molecule has 0 radical (unpaired) electrons. The average molecular weight is 206 g/mol. The lowest BCUT2D eigenvalue weighted by Crippen LogP contribution is -2.15. The van der Waals surface area contributed by atoms with Crippen LogP contribution in [-0.2, 0) is 16.0 Å². The molecule has 0 aliphatic heterocycles. The smallest absolute Gasteiger partial charge is 0.310 e. The molecule has 0 amide bonds. The van der Waals surface area contributed by atoms with Gasteiger partial charge in [0.2, 0.25) is 0 Å². The first kappa shape index (κ1) is 11.8. The highest BCUT2D eigenvalue weighted by Gasteiger charge is 2.08. The van der Waals surface area contributed by atoms with E-state index in [1.54, 1.807) is 0 Å². The lowest BCUT2D eigenvalue weighted by Gasteiger charge is -2.10. The van der Waals surface area contributed by atoms with Gasteiger partial charge in [0.1, 0.15) is 0 Å². The minimum Gasteiger partial charge on any atom is -0.462 e. The quantitative estimate of drug-likeness (QED) is 0.708. The van der Waals surface area contributed by atoms with Gasteiger partial charge in [-0.25, -0.2) is 0 Å². The first-order valence-corrected chi connectivity index (χ1v) is 5.37. The van der Waals surface area contributed by atoms with Crippen LogP contribution in [0.2, 0.25) is 0 Å². The van der Waals surface area contributed by atoms with Gasteiger partial charge >= 0.3 is 5.97 Å². The zero-order valence-electron chi connectivity index (χ0n) is 9.62. The molecule has 2 nitrogen and oxygen atoms in total. The molecule has 2 heteroatoms. The zero-order chi connectivity index (χ0) is 11.3. The van der Waals surface area contributed by atoms with E-state index in [1.807, 2.05) is 45.0 Å². The topological polar surface area (TPSA) is 26.3 Å². The molecule has 1 rings (SSSR count). The van der Waals surface area contributed by atoms with E-state index >= 15 is 0 Å². The standard InChI is InChI=1S/C13H18O2/c1-4-11(3)15-13(14)9-12-7-5-10(2)6-8-12/h5-8,11H,4,9H2,1-3H3. The maximum absolute atomic E-state index is 11.4. The van der Waals surface area contributed by atoms with Crippen molar-refractivity contribution in [1.29, 1.82) is 0 Å². The Bertz CT molecular complexity index is 314. The summed E-state index contributed by atoms with van der Waals surface area (Å²) in [5, 5.41) is 0. The normalized spacial score (nSPS) is 12.2. The molecule has 15 heavy (non-hydrogen) atoms. The summed E-state index contributed by atoms with van der Waals surface area (Å²) in [5.41, 5.74) is 2.21. The number of carbonyl (C=O) groups excluding carboxylic acids is 1. The van der Waals surface area contributed by atoms with Crippen molar-refractivity contribution in [1.82, 2.24) is 0 Å². The van der Waals surface area contributed by atoms with E-state index in [1.165, 1.54) is 5.56 Å². The highest BCUT2D eigenvalue weighted by atomic mass is 16.5. The Morgan fingerprint density at radius 1 is 1.33 bits per heavy atom. The van der Waals surface area contributed by atoms with E-state index in [4.69, 9.17) is 4.74 Å². The minimum atomic E-state index is -0.145. The number of benzene rings is 1. The van der Waals surface area contributed by atoms with Gasteiger partial charge in [0.25, 0.3) is 0 Å². The number of carbonyl (C=O) groups is 1. The average Bonchev–Trinajstić information content (AvgIpc) is 2.21. The molecule has 0 bridgehead atoms. The van der Waals surface area contributed by atoms with Crippen molar-refractivity contribution in [2.45, 2.75) is 39.7 Å². The fourth-order valence-electron chi connectivity index (χ4n) is 1.22. The van der Waals surface area contributed by atoms with Gasteiger partial charge in [0.15, 0.2) is 0 Å². The van der Waals surface area contributed by atoms with E-state index < -0.39 is 0 Å². The van der Waals surface area contributed by atoms with Gasteiger partial charge in [0, 0.05) is 0 Å². The van der Waals surface area contributed by atoms with Crippen LogP contribution in [0.25, 0.3) is 0 Å². The SMILES string of the molecule is CCC(C)OC(=O)Cc1ccc(C)cc1. The molecule has 0 spiro atoms. The number of aryl methyl sites for hydroxylation is 1. The molecule has 0 saturated heterocycles. The summed E-state index contributed by atoms with van der Waals surface area (Å²) < 4.78 is 5.19. The summed E-state index contributed by atoms with van der Waals surface area (Å²) in [5.74, 6) is -0.145. The van der Waals surface area contributed by atoms with Gasteiger partial charge in [0.05, 0.1) is 12.5 Å². The fourth-order valence-corrected chi connectivity index (χ4v) is 1.22. The number of rotatable bonds is 4. The van der Waals surface area contributed by atoms with Crippen LogP contribution in [0.5, 0.6) is 0 Å².